The number of rotatable bonds is 2. The van der Waals surface area contributed by atoms with Crippen LogP contribution in [0.25, 0.3) is 0 Å². The first-order valence-corrected chi connectivity index (χ1v) is 7.37. The van der Waals surface area contributed by atoms with E-state index in [1.54, 1.807) is 0 Å². The highest BCUT2D eigenvalue weighted by atomic mass is 16.2. The molecular formula is C15H25N5O. The molecule has 1 fully saturated rings. The smallest absolute Gasteiger partial charge is 0.242 e. The van der Waals surface area contributed by atoms with E-state index in [1.165, 1.54) is 0 Å². The summed E-state index contributed by atoms with van der Waals surface area (Å²) in [6.45, 7) is 11.6. The molecule has 0 aliphatic carbocycles. The van der Waals surface area contributed by atoms with Gasteiger partial charge in [-0.3, -0.25) is 4.79 Å². The first-order chi connectivity index (χ1) is 9.75. The van der Waals surface area contributed by atoms with Crippen LogP contribution in [0.5, 0.6) is 0 Å². The topological polar surface area (TPSA) is 70.2 Å². The number of nitrogens with zero attached hydrogens (tertiary/aromatic N) is 3. The summed E-state index contributed by atoms with van der Waals surface area (Å²) in [5.41, 5.74) is 0.835. The Balaban J connectivity index is 2.54. The molecule has 0 spiro atoms. The Bertz CT molecular complexity index is 550. The van der Waals surface area contributed by atoms with Crippen molar-refractivity contribution in [2.75, 3.05) is 30.4 Å². The maximum Gasteiger partial charge on any atom is 0.242 e. The summed E-state index contributed by atoms with van der Waals surface area (Å²) in [6.07, 6.45) is 0. The third kappa shape index (κ3) is 2.94. The number of amides is 1. The second kappa shape index (κ2) is 5.50. The number of carbonyl (C=O) groups excluding carboxylic acids is 1. The molecule has 1 aliphatic heterocycles. The Kier molecular flexibility index (Phi) is 4.07. The summed E-state index contributed by atoms with van der Waals surface area (Å²) in [7, 11) is 1.86. The predicted octanol–water partition coefficient (Wildman–Crippen LogP) is 1.45. The molecular weight excluding hydrogens is 266 g/mol. The van der Waals surface area contributed by atoms with Crippen molar-refractivity contribution < 1.29 is 4.79 Å². The molecule has 1 aliphatic rings. The van der Waals surface area contributed by atoms with Gasteiger partial charge in [-0.2, -0.15) is 0 Å². The van der Waals surface area contributed by atoms with Crippen LogP contribution in [0.3, 0.4) is 0 Å². The van der Waals surface area contributed by atoms with E-state index in [9.17, 15) is 4.79 Å². The molecule has 0 aromatic carbocycles. The van der Waals surface area contributed by atoms with Crippen LogP contribution in [-0.4, -0.2) is 42.1 Å². The highest BCUT2D eigenvalue weighted by molar-refractivity contribution is 5.86. The fourth-order valence-corrected chi connectivity index (χ4v) is 2.44. The molecule has 21 heavy (non-hydrogen) atoms. The summed E-state index contributed by atoms with van der Waals surface area (Å²) >= 11 is 0. The van der Waals surface area contributed by atoms with E-state index in [1.807, 2.05) is 20.9 Å². The number of hydrogen-bond donors (Lipinski definition) is 2. The van der Waals surface area contributed by atoms with Crippen LogP contribution in [0.4, 0.5) is 11.6 Å². The van der Waals surface area contributed by atoms with Gasteiger partial charge >= 0.3 is 0 Å². The molecule has 1 saturated heterocycles. The number of anilines is 2. The fraction of sp³-hybridized carbons (Fsp3) is 0.667. The highest BCUT2D eigenvalue weighted by Gasteiger charge is 2.30. The van der Waals surface area contributed by atoms with E-state index in [0.29, 0.717) is 6.54 Å². The molecule has 0 radical (unpaired) electrons. The Labute approximate surface area is 126 Å². The lowest BCUT2D eigenvalue weighted by Crippen LogP contribution is -2.54. The summed E-state index contributed by atoms with van der Waals surface area (Å²) < 4.78 is 0. The normalized spacial score (nSPS) is 19.4. The molecule has 116 valence electrons. The predicted molar refractivity (Wildman–Crippen MR) is 84.8 cm³/mol. The Hall–Kier alpha value is -1.85. The van der Waals surface area contributed by atoms with Gasteiger partial charge in [-0.15, -0.1) is 0 Å². The van der Waals surface area contributed by atoms with Crippen LogP contribution in [0.1, 0.15) is 39.1 Å². The molecule has 2 N–H and O–H groups in total. The van der Waals surface area contributed by atoms with Crippen LogP contribution >= 0.6 is 0 Å². The minimum Gasteiger partial charge on any atom is -0.373 e. The van der Waals surface area contributed by atoms with Gasteiger partial charge in [-0.05, 0) is 13.8 Å². The standard InChI is InChI=1S/C15H25N5O/c1-9-11(16-6)18-14(15(3,4)5)19-12(9)20-8-7-17-13(21)10(20)2/h10H,7-8H2,1-6H3,(H,17,21)(H,16,18,19). The zero-order valence-corrected chi connectivity index (χ0v) is 13.7. The van der Waals surface area contributed by atoms with Crippen molar-refractivity contribution >= 4 is 17.5 Å². The van der Waals surface area contributed by atoms with Gasteiger partial charge in [0.25, 0.3) is 0 Å². The summed E-state index contributed by atoms with van der Waals surface area (Å²) in [6, 6.07) is -0.218. The second-order valence-corrected chi connectivity index (χ2v) is 6.50. The Morgan fingerprint density at radius 3 is 2.57 bits per heavy atom. The molecule has 2 heterocycles. The Morgan fingerprint density at radius 1 is 1.33 bits per heavy atom. The van der Waals surface area contributed by atoms with E-state index >= 15 is 0 Å². The number of piperazine rings is 1. The molecule has 6 heteroatoms. The zero-order valence-electron chi connectivity index (χ0n) is 13.7. The van der Waals surface area contributed by atoms with Crippen LogP contribution in [0, 0.1) is 6.92 Å². The summed E-state index contributed by atoms with van der Waals surface area (Å²) in [4.78, 5) is 23.3. The Morgan fingerprint density at radius 2 is 2.00 bits per heavy atom. The van der Waals surface area contributed by atoms with E-state index in [0.717, 1.165) is 29.6 Å². The van der Waals surface area contributed by atoms with Gasteiger partial charge in [0.05, 0.1) is 0 Å². The molecule has 1 aromatic rings. The van der Waals surface area contributed by atoms with E-state index in [-0.39, 0.29) is 17.4 Å². The zero-order chi connectivity index (χ0) is 15.8. The van der Waals surface area contributed by atoms with Crippen LogP contribution in [-0.2, 0) is 10.2 Å². The molecule has 6 nitrogen and oxygen atoms in total. The van der Waals surface area contributed by atoms with E-state index < -0.39 is 0 Å². The largest absolute Gasteiger partial charge is 0.373 e. The molecule has 1 aromatic heterocycles. The minimum absolute atomic E-state index is 0.0441. The van der Waals surface area contributed by atoms with E-state index in [4.69, 9.17) is 4.98 Å². The number of aromatic nitrogens is 2. The molecule has 1 atom stereocenters. The third-order valence-electron chi connectivity index (χ3n) is 3.80. The lowest BCUT2D eigenvalue weighted by Gasteiger charge is -2.35. The van der Waals surface area contributed by atoms with Crippen molar-refractivity contribution in [2.45, 2.75) is 46.1 Å². The number of carbonyl (C=O) groups is 1. The first kappa shape index (κ1) is 15.5. The van der Waals surface area contributed by atoms with Crippen molar-refractivity contribution in [3.63, 3.8) is 0 Å². The second-order valence-electron chi connectivity index (χ2n) is 6.50. The molecule has 0 bridgehead atoms. The van der Waals surface area contributed by atoms with Crippen molar-refractivity contribution in [3.05, 3.63) is 11.4 Å². The number of nitrogens with one attached hydrogen (secondary N) is 2. The lowest BCUT2D eigenvalue weighted by molar-refractivity contribution is -0.122. The van der Waals surface area contributed by atoms with Gasteiger partial charge in [0.2, 0.25) is 5.91 Å². The monoisotopic (exact) mass is 291 g/mol. The quantitative estimate of drug-likeness (QED) is 0.863. The van der Waals surface area contributed by atoms with Gasteiger partial charge < -0.3 is 15.5 Å². The van der Waals surface area contributed by atoms with Crippen LogP contribution in [0.15, 0.2) is 0 Å². The maximum atomic E-state index is 11.9. The van der Waals surface area contributed by atoms with Crippen molar-refractivity contribution in [1.29, 1.82) is 0 Å². The van der Waals surface area contributed by atoms with Crippen LogP contribution in [0.2, 0.25) is 0 Å². The summed E-state index contributed by atoms with van der Waals surface area (Å²) in [5.74, 6) is 2.50. The van der Waals surface area contributed by atoms with Crippen molar-refractivity contribution in [3.8, 4) is 0 Å². The molecule has 0 saturated carbocycles. The highest BCUT2D eigenvalue weighted by Crippen LogP contribution is 2.29. The fourth-order valence-electron chi connectivity index (χ4n) is 2.44. The average molecular weight is 291 g/mol. The first-order valence-electron chi connectivity index (χ1n) is 7.37. The van der Waals surface area contributed by atoms with Gasteiger partial charge in [-0.25, -0.2) is 9.97 Å². The number of hydrogen-bond acceptors (Lipinski definition) is 5. The molecule has 2 rings (SSSR count). The van der Waals surface area contributed by atoms with E-state index in [2.05, 4.69) is 41.3 Å². The minimum atomic E-state index is -0.218. The van der Waals surface area contributed by atoms with Gasteiger partial charge in [-0.1, -0.05) is 20.8 Å². The van der Waals surface area contributed by atoms with Crippen LogP contribution < -0.4 is 15.5 Å². The average Bonchev–Trinajstić information content (AvgIpc) is 2.41. The van der Waals surface area contributed by atoms with Gasteiger partial charge in [0.1, 0.15) is 23.5 Å². The van der Waals surface area contributed by atoms with Gasteiger partial charge in [0.15, 0.2) is 0 Å². The van der Waals surface area contributed by atoms with Gasteiger partial charge in [0, 0.05) is 31.1 Å². The van der Waals surface area contributed by atoms with Crippen molar-refractivity contribution in [2.24, 2.45) is 0 Å². The SMILES string of the molecule is CNc1nc(C(C)(C)C)nc(N2CCNC(=O)C2C)c1C. The maximum absolute atomic E-state index is 11.9. The summed E-state index contributed by atoms with van der Waals surface area (Å²) in [5, 5.41) is 6.02. The third-order valence-corrected chi connectivity index (χ3v) is 3.80. The van der Waals surface area contributed by atoms with Crippen molar-refractivity contribution in [1.82, 2.24) is 15.3 Å². The molecule has 1 amide bonds. The lowest BCUT2D eigenvalue weighted by atomic mass is 9.95. The molecule has 1 unspecified atom stereocenters.